The smallest absolute Gasteiger partial charge is 0.408 e. The molecule has 1 aromatic rings. The van der Waals surface area contributed by atoms with Gasteiger partial charge in [-0.1, -0.05) is 44.9 Å². The van der Waals surface area contributed by atoms with Gasteiger partial charge in [0.15, 0.2) is 0 Å². The van der Waals surface area contributed by atoms with Crippen molar-refractivity contribution < 1.29 is 29.0 Å². The van der Waals surface area contributed by atoms with Gasteiger partial charge < -0.3 is 31.1 Å². The molecule has 4 amide bonds. The van der Waals surface area contributed by atoms with Crippen molar-refractivity contribution in [1.29, 1.82) is 0 Å². The van der Waals surface area contributed by atoms with E-state index in [1.54, 1.807) is 45.9 Å². The number of para-hydroxylation sites is 1. The van der Waals surface area contributed by atoms with E-state index >= 15 is 0 Å². The zero-order chi connectivity index (χ0) is 27.5. The molecule has 5 N–H and O–H groups in total. The first kappa shape index (κ1) is 30.7. The van der Waals surface area contributed by atoms with E-state index in [0.29, 0.717) is 24.9 Å². The van der Waals surface area contributed by atoms with Gasteiger partial charge in [0.2, 0.25) is 17.7 Å². The zero-order valence-corrected chi connectivity index (χ0v) is 22.3. The predicted octanol–water partition coefficient (Wildman–Crippen LogP) is 3.06. The molecule has 10 heteroatoms. The molecule has 0 aromatic heterocycles. The highest BCUT2D eigenvalue weighted by Gasteiger charge is 2.37. The van der Waals surface area contributed by atoms with Gasteiger partial charge in [-0.05, 0) is 46.1 Å². The Balaban J connectivity index is 3.51. The van der Waals surface area contributed by atoms with Gasteiger partial charge in [0, 0.05) is 18.7 Å². The molecule has 0 fully saturated rings. The number of nitrogens with two attached hydrogens (primary N) is 1. The van der Waals surface area contributed by atoms with Gasteiger partial charge in [-0.25, -0.2) is 4.79 Å². The van der Waals surface area contributed by atoms with Crippen LogP contribution in [0.15, 0.2) is 18.2 Å². The number of hydrogen-bond donors (Lipinski definition) is 4. The van der Waals surface area contributed by atoms with Crippen LogP contribution in [-0.2, 0) is 19.1 Å². The summed E-state index contributed by atoms with van der Waals surface area (Å²) in [4.78, 5) is 52.8. The monoisotopic (exact) mass is 506 g/mol. The number of hydrogen-bond acceptors (Lipinski definition) is 6. The number of phenolic OH excluding ortho intramolecular Hbond substituents is 1. The quantitative estimate of drug-likeness (QED) is 0.302. The van der Waals surface area contributed by atoms with E-state index < -0.39 is 47.9 Å². The first-order valence-corrected chi connectivity index (χ1v) is 12.5. The summed E-state index contributed by atoms with van der Waals surface area (Å²) in [7, 11) is 0. The highest BCUT2D eigenvalue weighted by atomic mass is 16.6. The van der Waals surface area contributed by atoms with Crippen molar-refractivity contribution >= 4 is 23.8 Å². The second-order valence-corrected chi connectivity index (χ2v) is 9.81. The molecular weight excluding hydrogens is 464 g/mol. The lowest BCUT2D eigenvalue weighted by molar-refractivity contribution is -0.143. The third-order valence-electron chi connectivity index (χ3n) is 5.38. The van der Waals surface area contributed by atoms with Crippen molar-refractivity contribution in [3.05, 3.63) is 29.3 Å². The van der Waals surface area contributed by atoms with Gasteiger partial charge in [-0.15, -0.1) is 0 Å². The normalized spacial score (nSPS) is 12.8. The first-order valence-electron chi connectivity index (χ1n) is 12.5. The Bertz CT molecular complexity index is 912. The highest BCUT2D eigenvalue weighted by molar-refractivity contribution is 5.94. The summed E-state index contributed by atoms with van der Waals surface area (Å²) in [6, 6.07) is 2.44. The van der Waals surface area contributed by atoms with Crippen LogP contribution in [0.5, 0.6) is 5.75 Å². The van der Waals surface area contributed by atoms with E-state index in [2.05, 4.69) is 10.6 Å². The minimum atomic E-state index is -1.35. The number of nitrogens with one attached hydrogen (secondary N) is 2. The van der Waals surface area contributed by atoms with E-state index in [1.165, 1.54) is 4.90 Å². The molecule has 2 atom stereocenters. The van der Waals surface area contributed by atoms with Crippen molar-refractivity contribution in [3.63, 3.8) is 0 Å². The van der Waals surface area contributed by atoms with Gasteiger partial charge in [0.25, 0.3) is 0 Å². The van der Waals surface area contributed by atoms with Gasteiger partial charge in [-0.2, -0.15) is 0 Å². The van der Waals surface area contributed by atoms with Crippen molar-refractivity contribution in [3.8, 4) is 5.75 Å². The fourth-order valence-electron chi connectivity index (χ4n) is 3.58. The fourth-order valence-corrected chi connectivity index (χ4v) is 3.58. The van der Waals surface area contributed by atoms with Crippen LogP contribution in [0.1, 0.15) is 83.9 Å². The second kappa shape index (κ2) is 14.3. The number of amides is 4. The molecule has 0 saturated heterocycles. The Morgan fingerprint density at radius 1 is 1.11 bits per heavy atom. The summed E-state index contributed by atoms with van der Waals surface area (Å²) >= 11 is 0. The number of carbonyl (C=O) groups is 4. The van der Waals surface area contributed by atoms with Crippen LogP contribution in [-0.4, -0.2) is 58.6 Å². The average Bonchev–Trinajstić information content (AvgIpc) is 2.76. The van der Waals surface area contributed by atoms with E-state index in [0.717, 1.165) is 12.8 Å². The third-order valence-corrected chi connectivity index (χ3v) is 5.38. The Morgan fingerprint density at radius 3 is 2.31 bits per heavy atom. The highest BCUT2D eigenvalue weighted by Crippen LogP contribution is 2.32. The fraction of sp³-hybridized carbons (Fsp3) is 0.615. The number of rotatable bonds is 13. The van der Waals surface area contributed by atoms with Crippen molar-refractivity contribution in [2.45, 2.75) is 91.3 Å². The number of carbonyl (C=O) groups excluding carboxylic acids is 4. The molecule has 0 radical (unpaired) electrons. The number of alkyl carbamates (subject to hydrolysis) is 1. The maximum Gasteiger partial charge on any atom is 0.408 e. The molecule has 0 aliphatic heterocycles. The summed E-state index contributed by atoms with van der Waals surface area (Å²) in [5, 5.41) is 16.1. The van der Waals surface area contributed by atoms with Crippen molar-refractivity contribution in [1.82, 2.24) is 15.5 Å². The van der Waals surface area contributed by atoms with Crippen LogP contribution in [0.3, 0.4) is 0 Å². The van der Waals surface area contributed by atoms with Crippen LogP contribution >= 0.6 is 0 Å². The van der Waals surface area contributed by atoms with Gasteiger partial charge in [0.05, 0.1) is 6.42 Å². The van der Waals surface area contributed by atoms with E-state index in [4.69, 9.17) is 10.5 Å². The Hall–Kier alpha value is -3.30. The molecular formula is C26H42N4O6. The topological polar surface area (TPSA) is 151 Å². The lowest BCUT2D eigenvalue weighted by atomic mass is 9.98. The minimum absolute atomic E-state index is 0.103. The number of benzene rings is 1. The van der Waals surface area contributed by atoms with E-state index in [9.17, 15) is 24.3 Å². The molecule has 0 saturated carbocycles. The molecule has 0 spiro atoms. The number of ether oxygens (including phenoxy) is 1. The van der Waals surface area contributed by atoms with Crippen LogP contribution < -0.4 is 16.4 Å². The third kappa shape index (κ3) is 9.75. The summed E-state index contributed by atoms with van der Waals surface area (Å²) in [5.41, 5.74) is 5.35. The molecule has 0 aliphatic rings. The zero-order valence-electron chi connectivity index (χ0n) is 22.3. The summed E-state index contributed by atoms with van der Waals surface area (Å²) in [6.07, 6.45) is 1.50. The van der Waals surface area contributed by atoms with Crippen molar-refractivity contribution in [2.75, 3.05) is 13.1 Å². The molecule has 36 heavy (non-hydrogen) atoms. The Kier molecular flexibility index (Phi) is 12.2. The largest absolute Gasteiger partial charge is 0.507 e. The number of unbranched alkanes of at least 4 members (excludes halogenated alkanes) is 2. The van der Waals surface area contributed by atoms with Crippen LogP contribution in [0, 0.1) is 6.92 Å². The number of phenols is 1. The van der Waals surface area contributed by atoms with E-state index in [1.807, 2.05) is 13.8 Å². The molecule has 1 aromatic carbocycles. The molecule has 2 unspecified atom stereocenters. The van der Waals surface area contributed by atoms with Gasteiger partial charge in [-0.3, -0.25) is 14.4 Å². The molecule has 0 bridgehead atoms. The Labute approximate surface area is 213 Å². The van der Waals surface area contributed by atoms with Gasteiger partial charge in [0.1, 0.15) is 23.4 Å². The molecule has 1 rings (SSSR count). The maximum atomic E-state index is 13.8. The number of primary amides is 1. The van der Waals surface area contributed by atoms with Crippen LogP contribution in [0.25, 0.3) is 0 Å². The Morgan fingerprint density at radius 2 is 1.75 bits per heavy atom. The number of nitrogens with zero attached hydrogens (tertiary/aromatic N) is 1. The average molecular weight is 507 g/mol. The van der Waals surface area contributed by atoms with Gasteiger partial charge >= 0.3 is 6.09 Å². The maximum absolute atomic E-state index is 13.8. The SMILES string of the molecule is CCCCNC(=O)C(c1cccc(C)c1O)N(CCCC)C(=O)C(CC(N)=O)NC(=O)OC(C)(C)C. The predicted molar refractivity (Wildman–Crippen MR) is 137 cm³/mol. The summed E-state index contributed by atoms with van der Waals surface area (Å²) < 4.78 is 5.26. The number of aromatic hydroxyl groups is 1. The van der Waals surface area contributed by atoms with Crippen LogP contribution in [0.4, 0.5) is 4.79 Å². The van der Waals surface area contributed by atoms with Crippen LogP contribution in [0.2, 0.25) is 0 Å². The summed E-state index contributed by atoms with van der Waals surface area (Å²) in [6.45, 7) is 11.2. The minimum Gasteiger partial charge on any atom is -0.507 e. The summed E-state index contributed by atoms with van der Waals surface area (Å²) in [5.74, 6) is -2.05. The molecule has 10 nitrogen and oxygen atoms in total. The molecule has 0 aliphatic carbocycles. The molecule has 202 valence electrons. The van der Waals surface area contributed by atoms with Crippen molar-refractivity contribution in [2.24, 2.45) is 5.73 Å². The second-order valence-electron chi connectivity index (χ2n) is 9.81. The standard InChI is InChI=1S/C26H42N4O6/c1-7-9-14-28-23(33)21(18-13-11-12-17(3)22(18)32)30(15-10-8-2)24(34)19(16-20(27)31)29-25(35)36-26(4,5)6/h11-13,19,21,32H,7-10,14-16H2,1-6H3,(H2,27,31)(H,28,33)(H,29,35). The van der Waals surface area contributed by atoms with E-state index in [-0.39, 0.29) is 17.9 Å². The lowest BCUT2D eigenvalue weighted by Gasteiger charge is -2.34. The number of aryl methyl sites for hydroxylation is 1. The first-order chi connectivity index (χ1) is 16.8. The molecule has 0 heterocycles. The lowest BCUT2D eigenvalue weighted by Crippen LogP contribution is -2.54.